The molecule has 0 radical (unpaired) electrons. The zero-order chi connectivity index (χ0) is 8.69. The summed E-state index contributed by atoms with van der Waals surface area (Å²) in [7, 11) is 0. The molecule has 11 heavy (non-hydrogen) atoms. The average Bonchev–Trinajstić information content (AvgIpc) is 2.55. The van der Waals surface area contributed by atoms with E-state index in [1.165, 1.54) is 13.1 Å². The van der Waals surface area contributed by atoms with Crippen molar-refractivity contribution in [2.24, 2.45) is 0 Å². The summed E-state index contributed by atoms with van der Waals surface area (Å²) in [5, 5.41) is 0. The molecule has 1 aliphatic rings. The highest BCUT2D eigenvalue weighted by atomic mass is 32.2. The van der Waals surface area contributed by atoms with Crippen LogP contribution in [0.2, 0.25) is 0 Å². The van der Waals surface area contributed by atoms with Gasteiger partial charge < -0.3 is 0 Å². The number of nitrogens with zero attached hydrogens (tertiary/aromatic N) is 2. The Balaban J connectivity index is 0.000000461. The van der Waals surface area contributed by atoms with E-state index in [0.29, 0.717) is 0 Å². The fourth-order valence-electron chi connectivity index (χ4n) is 0.838. The van der Waals surface area contributed by atoms with E-state index >= 15 is 0 Å². The maximum Gasteiger partial charge on any atom is 0.0705 e. The van der Waals surface area contributed by atoms with Crippen molar-refractivity contribution in [2.45, 2.75) is 13.8 Å². The molecule has 0 amide bonds. The van der Waals surface area contributed by atoms with Gasteiger partial charge >= 0.3 is 0 Å². The van der Waals surface area contributed by atoms with Gasteiger partial charge in [0, 0.05) is 13.1 Å². The van der Waals surface area contributed by atoms with Gasteiger partial charge in [0.05, 0.1) is 6.67 Å². The first-order chi connectivity index (χ1) is 5.36. The third kappa shape index (κ3) is 4.25. The Kier molecular flexibility index (Phi) is 7.69. The normalized spacial score (nSPS) is 19.6. The highest BCUT2D eigenvalue weighted by Crippen LogP contribution is 2.17. The Labute approximate surface area is 79.0 Å². The van der Waals surface area contributed by atoms with Gasteiger partial charge in [-0.15, -0.1) is 0 Å². The first-order valence-electron chi connectivity index (χ1n) is 3.95. The van der Waals surface area contributed by atoms with Crippen molar-refractivity contribution >= 4 is 23.9 Å². The first-order valence-corrected chi connectivity index (χ1v) is 6.31. The van der Waals surface area contributed by atoms with Crippen LogP contribution in [0.4, 0.5) is 0 Å². The van der Waals surface area contributed by atoms with Crippen LogP contribution in [0.3, 0.4) is 0 Å². The molecule has 1 aliphatic heterocycles. The van der Waals surface area contributed by atoms with E-state index in [1.54, 1.807) is 0 Å². The van der Waals surface area contributed by atoms with Crippen LogP contribution in [0.5, 0.6) is 0 Å². The van der Waals surface area contributed by atoms with E-state index in [-0.39, 0.29) is 0 Å². The van der Waals surface area contributed by atoms with Gasteiger partial charge in [0.25, 0.3) is 0 Å². The van der Waals surface area contributed by atoms with Crippen LogP contribution in [0.1, 0.15) is 13.8 Å². The van der Waals surface area contributed by atoms with Crippen molar-refractivity contribution in [3.8, 4) is 0 Å². The van der Waals surface area contributed by atoms with Gasteiger partial charge in [-0.25, -0.2) is 8.61 Å². The SMILES string of the molecule is CC.CSN1CCN(SC)C1. The van der Waals surface area contributed by atoms with Crippen molar-refractivity contribution in [3.05, 3.63) is 0 Å². The van der Waals surface area contributed by atoms with Crippen molar-refractivity contribution < 1.29 is 0 Å². The van der Waals surface area contributed by atoms with Crippen LogP contribution in [-0.2, 0) is 0 Å². The Morgan fingerprint density at radius 2 is 1.27 bits per heavy atom. The van der Waals surface area contributed by atoms with Crippen LogP contribution >= 0.6 is 23.9 Å². The summed E-state index contributed by atoms with van der Waals surface area (Å²) in [6, 6.07) is 0. The molecule has 68 valence electrons. The van der Waals surface area contributed by atoms with E-state index < -0.39 is 0 Å². The molecular weight excluding hydrogens is 176 g/mol. The van der Waals surface area contributed by atoms with Crippen molar-refractivity contribution in [1.82, 2.24) is 8.61 Å². The average molecular weight is 194 g/mol. The van der Waals surface area contributed by atoms with Gasteiger partial charge in [-0.05, 0) is 12.5 Å². The summed E-state index contributed by atoms with van der Waals surface area (Å²) in [6.45, 7) is 7.53. The van der Waals surface area contributed by atoms with Gasteiger partial charge in [-0.2, -0.15) is 0 Å². The molecule has 0 atom stereocenters. The minimum Gasteiger partial charge on any atom is -0.235 e. The molecule has 0 unspecified atom stereocenters. The fourth-order valence-corrected chi connectivity index (χ4v) is 1.95. The molecule has 1 rings (SSSR count). The summed E-state index contributed by atoms with van der Waals surface area (Å²) in [5.41, 5.74) is 0. The molecule has 0 aliphatic carbocycles. The van der Waals surface area contributed by atoms with Gasteiger partial charge in [0.2, 0.25) is 0 Å². The molecular formula is C7H18N2S2. The zero-order valence-electron chi connectivity index (χ0n) is 7.83. The van der Waals surface area contributed by atoms with Gasteiger partial charge in [0.15, 0.2) is 0 Å². The monoisotopic (exact) mass is 194 g/mol. The van der Waals surface area contributed by atoms with Crippen molar-refractivity contribution in [3.63, 3.8) is 0 Å². The Morgan fingerprint density at radius 1 is 0.909 bits per heavy atom. The number of hydrogen-bond acceptors (Lipinski definition) is 4. The van der Waals surface area contributed by atoms with Crippen molar-refractivity contribution in [1.29, 1.82) is 0 Å². The molecule has 0 aromatic rings. The first kappa shape index (κ1) is 11.6. The van der Waals surface area contributed by atoms with Crippen molar-refractivity contribution in [2.75, 3.05) is 32.3 Å². The van der Waals surface area contributed by atoms with E-state index in [4.69, 9.17) is 0 Å². The second-order valence-corrected chi connectivity index (χ2v) is 3.68. The molecule has 0 aromatic heterocycles. The van der Waals surface area contributed by atoms with Gasteiger partial charge in [-0.1, -0.05) is 37.7 Å². The second kappa shape index (κ2) is 7.28. The zero-order valence-corrected chi connectivity index (χ0v) is 9.47. The van der Waals surface area contributed by atoms with Gasteiger partial charge in [-0.3, -0.25) is 0 Å². The summed E-state index contributed by atoms with van der Waals surface area (Å²) in [6.07, 6.45) is 4.26. The summed E-state index contributed by atoms with van der Waals surface area (Å²) >= 11 is 3.66. The Hall–Kier alpha value is 0.620. The van der Waals surface area contributed by atoms with Crippen LogP contribution in [0.15, 0.2) is 0 Å². The lowest BCUT2D eigenvalue weighted by molar-refractivity contribution is 0.496. The molecule has 1 heterocycles. The number of rotatable bonds is 2. The summed E-state index contributed by atoms with van der Waals surface area (Å²) in [5.74, 6) is 0. The van der Waals surface area contributed by atoms with E-state index in [9.17, 15) is 0 Å². The second-order valence-electron chi connectivity index (χ2n) is 1.92. The van der Waals surface area contributed by atoms with Crippen LogP contribution in [0.25, 0.3) is 0 Å². The van der Waals surface area contributed by atoms with Crippen LogP contribution in [-0.4, -0.2) is 40.9 Å². The topological polar surface area (TPSA) is 6.48 Å². The minimum atomic E-state index is 1.11. The molecule has 1 fully saturated rings. The predicted molar refractivity (Wildman–Crippen MR) is 56.7 cm³/mol. The molecule has 0 bridgehead atoms. The van der Waals surface area contributed by atoms with E-state index in [2.05, 4.69) is 21.1 Å². The third-order valence-corrected chi connectivity index (χ3v) is 3.06. The third-order valence-electron chi connectivity index (χ3n) is 1.43. The molecule has 2 nitrogen and oxygen atoms in total. The summed E-state index contributed by atoms with van der Waals surface area (Å²) in [4.78, 5) is 0. The molecule has 0 spiro atoms. The number of hydrogen-bond donors (Lipinski definition) is 0. The van der Waals surface area contributed by atoms with Crippen LogP contribution in [0, 0.1) is 0 Å². The molecule has 1 saturated heterocycles. The molecule has 0 N–H and O–H groups in total. The lowest BCUT2D eigenvalue weighted by atomic mass is 10.7. The van der Waals surface area contributed by atoms with E-state index in [0.717, 1.165) is 6.67 Å². The smallest absolute Gasteiger partial charge is 0.0705 e. The quantitative estimate of drug-likeness (QED) is 0.621. The maximum atomic E-state index is 2.36. The summed E-state index contributed by atoms with van der Waals surface area (Å²) < 4.78 is 4.72. The molecule has 0 aromatic carbocycles. The molecule has 0 saturated carbocycles. The standard InChI is InChI=1S/C5H12N2S2.C2H6/c1-8-6-3-4-7(5-6)9-2;1-2/h3-5H2,1-2H3;1-2H3. The minimum absolute atomic E-state index is 1.11. The Bertz CT molecular complexity index is 80.5. The fraction of sp³-hybridized carbons (Fsp3) is 1.00. The largest absolute Gasteiger partial charge is 0.235 e. The predicted octanol–water partition coefficient (Wildman–Crippen LogP) is 2.14. The van der Waals surface area contributed by atoms with E-state index in [1.807, 2.05) is 37.7 Å². The molecule has 4 heteroatoms. The van der Waals surface area contributed by atoms with Crippen LogP contribution < -0.4 is 0 Å². The maximum absolute atomic E-state index is 2.36. The lowest BCUT2D eigenvalue weighted by Gasteiger charge is -2.11. The highest BCUT2D eigenvalue weighted by Gasteiger charge is 2.17. The lowest BCUT2D eigenvalue weighted by Crippen LogP contribution is -2.13. The Morgan fingerprint density at radius 3 is 1.45 bits per heavy atom. The van der Waals surface area contributed by atoms with Gasteiger partial charge in [0.1, 0.15) is 0 Å². The highest BCUT2D eigenvalue weighted by molar-refractivity contribution is 7.97.